The highest BCUT2D eigenvalue weighted by molar-refractivity contribution is 6.01. The van der Waals surface area contributed by atoms with E-state index in [1.54, 1.807) is 13.0 Å². The van der Waals surface area contributed by atoms with Crippen molar-refractivity contribution < 1.29 is 38.8 Å². The van der Waals surface area contributed by atoms with E-state index in [9.17, 15) is 24.9 Å². The van der Waals surface area contributed by atoms with E-state index < -0.39 is 58.9 Å². The van der Waals surface area contributed by atoms with E-state index in [4.69, 9.17) is 9.47 Å². The van der Waals surface area contributed by atoms with E-state index in [0.717, 1.165) is 22.3 Å². The number of alkyl halides is 1. The number of Topliss-reactive ketones (excluding diaryl/α,β-unsaturated/α-hetero) is 1. The molecule has 44 heavy (non-hydrogen) atoms. The largest absolute Gasteiger partial charge is 0.392 e. The van der Waals surface area contributed by atoms with Crippen LogP contribution in [0.3, 0.4) is 0 Å². The van der Waals surface area contributed by atoms with Gasteiger partial charge in [-0.25, -0.2) is 4.39 Å². The summed E-state index contributed by atoms with van der Waals surface area (Å²) in [4.78, 5) is 25.9. The molecule has 2 aromatic rings. The van der Waals surface area contributed by atoms with Gasteiger partial charge >= 0.3 is 0 Å². The van der Waals surface area contributed by atoms with Gasteiger partial charge in [-0.1, -0.05) is 67.1 Å². The molecular formula is C36H39FO7. The predicted molar refractivity (Wildman–Crippen MR) is 159 cm³/mol. The number of carbonyl (C=O) groups excluding carboxylic acids is 2. The first-order chi connectivity index (χ1) is 21.0. The molecule has 232 valence electrons. The van der Waals surface area contributed by atoms with Crippen LogP contribution in [0.25, 0.3) is 0 Å². The number of hydrogen-bond donors (Lipinski definition) is 3. The average Bonchev–Trinajstić information content (AvgIpc) is 3.52. The van der Waals surface area contributed by atoms with Crippen LogP contribution in [0.2, 0.25) is 0 Å². The molecule has 7 rings (SSSR count). The number of ketones is 2. The number of carbonyl (C=O) groups is 2. The summed E-state index contributed by atoms with van der Waals surface area (Å²) in [5.41, 5.74) is -1.22. The highest BCUT2D eigenvalue weighted by Gasteiger charge is 2.79. The lowest BCUT2D eigenvalue weighted by Gasteiger charge is -2.62. The summed E-state index contributed by atoms with van der Waals surface area (Å²) in [5, 5.41) is 31.2. The number of allylic oxidation sites excluding steroid dienone is 4. The Hall–Kier alpha value is -3.01. The van der Waals surface area contributed by atoms with Gasteiger partial charge in [-0.05, 0) is 73.8 Å². The third-order valence-electron chi connectivity index (χ3n) is 11.8. The molecule has 8 heteroatoms. The minimum absolute atomic E-state index is 0.00284. The van der Waals surface area contributed by atoms with Crippen molar-refractivity contribution in [2.75, 3.05) is 6.61 Å². The highest BCUT2D eigenvalue weighted by Crippen LogP contribution is 2.72. The van der Waals surface area contributed by atoms with Gasteiger partial charge in [-0.15, -0.1) is 0 Å². The maximum absolute atomic E-state index is 17.5. The first-order valence-corrected chi connectivity index (χ1v) is 15.6. The third kappa shape index (κ3) is 3.91. The number of rotatable bonds is 6. The molecule has 1 saturated heterocycles. The van der Waals surface area contributed by atoms with E-state index in [1.807, 2.05) is 55.5 Å². The lowest BCUT2D eigenvalue weighted by molar-refractivity contribution is -0.231. The van der Waals surface area contributed by atoms with Crippen molar-refractivity contribution in [2.45, 2.75) is 82.3 Å². The van der Waals surface area contributed by atoms with E-state index in [2.05, 4.69) is 0 Å². The van der Waals surface area contributed by atoms with Crippen molar-refractivity contribution >= 4 is 11.6 Å². The molecule has 0 spiro atoms. The Labute approximate surface area is 256 Å². The van der Waals surface area contributed by atoms with Crippen LogP contribution in [0.4, 0.5) is 4.39 Å². The topological polar surface area (TPSA) is 113 Å². The summed E-state index contributed by atoms with van der Waals surface area (Å²) >= 11 is 0. The van der Waals surface area contributed by atoms with Crippen LogP contribution in [0.1, 0.15) is 68.1 Å². The van der Waals surface area contributed by atoms with Crippen LogP contribution >= 0.6 is 0 Å². The number of hydrogen-bond acceptors (Lipinski definition) is 7. The van der Waals surface area contributed by atoms with Gasteiger partial charge in [0.2, 0.25) is 0 Å². The SMILES string of the molecule is C[C@]12C=CC(=O)C=C1CC[C@H]1[C@@H]3C[C@H]4O[C@@H](c5ccc(Cc6ccc(CO)cc6)cc5)O[C@@]4(C(=O)CO)[C@@]3(C)C[C@H](O)[C@@]12F. The molecule has 9 atom stereocenters. The fourth-order valence-corrected chi connectivity index (χ4v) is 9.51. The number of fused-ring (bicyclic) bond motifs is 7. The Balaban J connectivity index is 1.18. The van der Waals surface area contributed by atoms with Gasteiger partial charge in [0, 0.05) is 22.3 Å². The normalized spacial score (nSPS) is 40.5. The van der Waals surface area contributed by atoms with Crippen LogP contribution in [0.5, 0.6) is 0 Å². The highest BCUT2D eigenvalue weighted by atomic mass is 19.1. The zero-order valence-electron chi connectivity index (χ0n) is 25.0. The van der Waals surface area contributed by atoms with Crippen LogP contribution < -0.4 is 0 Å². The Bertz CT molecular complexity index is 1550. The number of halogens is 1. The Morgan fingerprint density at radius 2 is 1.66 bits per heavy atom. The van der Waals surface area contributed by atoms with Gasteiger partial charge in [-0.3, -0.25) is 9.59 Å². The summed E-state index contributed by atoms with van der Waals surface area (Å²) in [5.74, 6) is -1.62. The fourth-order valence-electron chi connectivity index (χ4n) is 9.51. The molecule has 3 N–H and O–H groups in total. The molecule has 0 bridgehead atoms. The first-order valence-electron chi connectivity index (χ1n) is 15.6. The zero-order chi connectivity index (χ0) is 31.1. The molecule has 0 radical (unpaired) electrons. The number of aliphatic hydroxyl groups is 3. The van der Waals surface area contributed by atoms with Crippen molar-refractivity contribution in [1.29, 1.82) is 0 Å². The summed E-state index contributed by atoms with van der Waals surface area (Å²) < 4.78 is 30.6. The van der Waals surface area contributed by atoms with Gasteiger partial charge in [0.25, 0.3) is 0 Å². The van der Waals surface area contributed by atoms with Crippen LogP contribution in [0.15, 0.2) is 72.3 Å². The third-order valence-corrected chi connectivity index (χ3v) is 11.8. The maximum Gasteiger partial charge on any atom is 0.193 e. The van der Waals surface area contributed by atoms with Crippen molar-refractivity contribution in [3.63, 3.8) is 0 Å². The molecule has 1 heterocycles. The fraction of sp³-hybridized carbons (Fsp3) is 0.500. The summed E-state index contributed by atoms with van der Waals surface area (Å²) in [7, 11) is 0. The average molecular weight is 603 g/mol. The van der Waals surface area contributed by atoms with Gasteiger partial charge in [0.1, 0.15) is 6.61 Å². The van der Waals surface area contributed by atoms with E-state index in [0.29, 0.717) is 31.3 Å². The predicted octanol–water partition coefficient (Wildman–Crippen LogP) is 4.46. The van der Waals surface area contributed by atoms with Crippen LogP contribution in [0, 0.1) is 22.7 Å². The lowest BCUT2D eigenvalue weighted by atomic mass is 9.44. The van der Waals surface area contributed by atoms with Crippen molar-refractivity contribution in [1.82, 2.24) is 0 Å². The molecule has 0 aromatic heterocycles. The van der Waals surface area contributed by atoms with E-state index >= 15 is 4.39 Å². The summed E-state index contributed by atoms with van der Waals surface area (Å²) in [6, 6.07) is 15.6. The monoisotopic (exact) mass is 602 g/mol. The van der Waals surface area contributed by atoms with Gasteiger partial charge < -0.3 is 24.8 Å². The quantitative estimate of drug-likeness (QED) is 0.448. The minimum Gasteiger partial charge on any atom is -0.392 e. The molecule has 1 aliphatic heterocycles. The summed E-state index contributed by atoms with van der Waals surface area (Å²) in [6.45, 7) is 2.91. The molecule has 0 amide bonds. The Kier molecular flexibility index (Phi) is 6.92. The van der Waals surface area contributed by atoms with Crippen LogP contribution in [-0.2, 0) is 32.1 Å². The van der Waals surface area contributed by atoms with Gasteiger partial charge in [0.15, 0.2) is 29.1 Å². The minimum atomic E-state index is -2.03. The van der Waals surface area contributed by atoms with E-state index in [1.165, 1.54) is 12.2 Å². The van der Waals surface area contributed by atoms with Gasteiger partial charge in [-0.2, -0.15) is 0 Å². The Morgan fingerprint density at radius 1 is 1.00 bits per heavy atom. The smallest absolute Gasteiger partial charge is 0.193 e. The molecule has 2 aromatic carbocycles. The van der Waals surface area contributed by atoms with Gasteiger partial charge in [0.05, 0.1) is 18.8 Å². The molecule has 5 aliphatic rings. The second-order valence-corrected chi connectivity index (χ2v) is 13.8. The zero-order valence-corrected chi connectivity index (χ0v) is 25.0. The standard InChI is InChI=1S/C36H39FO7/c1-33-14-13-26(40)16-25(33)11-12-27-28-17-31-36(30(42)20-39,34(28,2)18-29(41)35(27,33)37)44-32(43-31)24-9-7-22(8-10-24)15-21-3-5-23(19-38)6-4-21/h3-10,13-14,16,27-29,31-32,38-39,41H,11-12,15,17-20H2,1-2H3/t27-,28-,29-,31+,32+,33-,34-,35-,36+/m0/s1. The second-order valence-electron chi connectivity index (χ2n) is 13.8. The molecule has 4 aliphatic carbocycles. The van der Waals surface area contributed by atoms with Crippen molar-refractivity contribution in [3.8, 4) is 0 Å². The molecule has 0 unspecified atom stereocenters. The lowest BCUT2D eigenvalue weighted by Crippen LogP contribution is -2.69. The molecular weight excluding hydrogens is 563 g/mol. The second kappa shape index (κ2) is 10.3. The number of ether oxygens (including phenoxy) is 2. The van der Waals surface area contributed by atoms with E-state index in [-0.39, 0.29) is 24.7 Å². The molecule has 4 fully saturated rings. The number of aliphatic hydroxyl groups excluding tert-OH is 3. The summed E-state index contributed by atoms with van der Waals surface area (Å²) in [6.07, 6.45) is 3.51. The molecule has 3 saturated carbocycles. The van der Waals surface area contributed by atoms with Crippen LogP contribution in [-0.4, -0.2) is 57.0 Å². The van der Waals surface area contributed by atoms with Crippen molar-refractivity contribution in [2.24, 2.45) is 22.7 Å². The number of benzene rings is 2. The Morgan fingerprint density at radius 3 is 2.32 bits per heavy atom. The maximum atomic E-state index is 17.5. The molecule has 7 nitrogen and oxygen atoms in total. The first kappa shape index (κ1) is 29.7. The van der Waals surface area contributed by atoms with Crippen molar-refractivity contribution in [3.05, 3.63) is 94.6 Å².